The summed E-state index contributed by atoms with van der Waals surface area (Å²) in [5, 5.41) is -0.441. The lowest BCUT2D eigenvalue weighted by molar-refractivity contribution is 0.379. The van der Waals surface area contributed by atoms with Gasteiger partial charge >= 0.3 is 0 Å². The maximum Gasteiger partial charge on any atom is 0.216 e. The van der Waals surface area contributed by atoms with E-state index in [-0.39, 0.29) is 5.82 Å². The normalized spacial score (nSPS) is 15.1. The molecule has 3 aromatic rings. The fourth-order valence-electron chi connectivity index (χ4n) is 4.23. The van der Waals surface area contributed by atoms with Crippen LogP contribution in [0, 0.1) is 5.82 Å². The Kier molecular flexibility index (Phi) is 7.28. The van der Waals surface area contributed by atoms with Crippen molar-refractivity contribution in [3.8, 4) is 11.4 Å². The lowest BCUT2D eigenvalue weighted by atomic mass is 10.0. The standard InChI is InChI=1S/C26H31FN4O2S/c1-4-24-23(18-20-10-12-22(27)13-11-20)26(29-25(28-24)21-8-6-5-7-9-21)30-14-16-31(17-15-30)34(32,33)19(2)3/h5-13,19H,4,14-18H2,1-3H3. The smallest absolute Gasteiger partial charge is 0.216 e. The van der Waals surface area contributed by atoms with Crippen LogP contribution >= 0.6 is 0 Å². The van der Waals surface area contributed by atoms with E-state index >= 15 is 0 Å². The third kappa shape index (κ3) is 5.13. The average Bonchev–Trinajstić information content (AvgIpc) is 2.86. The van der Waals surface area contributed by atoms with E-state index in [9.17, 15) is 12.8 Å². The molecule has 0 saturated carbocycles. The summed E-state index contributed by atoms with van der Waals surface area (Å²) in [4.78, 5) is 12.0. The molecular weight excluding hydrogens is 451 g/mol. The molecule has 0 aliphatic carbocycles. The number of piperazine rings is 1. The van der Waals surface area contributed by atoms with Crippen molar-refractivity contribution in [1.29, 1.82) is 0 Å². The summed E-state index contributed by atoms with van der Waals surface area (Å²) in [6.07, 6.45) is 1.31. The molecule has 0 N–H and O–H groups in total. The molecule has 2 aromatic carbocycles. The SMILES string of the molecule is CCc1nc(-c2ccccc2)nc(N2CCN(S(=O)(=O)C(C)C)CC2)c1Cc1ccc(F)cc1. The van der Waals surface area contributed by atoms with Gasteiger partial charge in [-0.05, 0) is 38.0 Å². The number of halogens is 1. The van der Waals surface area contributed by atoms with Gasteiger partial charge < -0.3 is 4.90 Å². The molecule has 0 atom stereocenters. The highest BCUT2D eigenvalue weighted by molar-refractivity contribution is 7.89. The van der Waals surface area contributed by atoms with E-state index < -0.39 is 15.3 Å². The molecule has 0 bridgehead atoms. The molecule has 6 nitrogen and oxygen atoms in total. The Bertz CT molecular complexity index is 1220. The number of benzene rings is 2. The van der Waals surface area contributed by atoms with Gasteiger partial charge in [-0.3, -0.25) is 0 Å². The van der Waals surface area contributed by atoms with E-state index in [1.54, 1.807) is 30.3 Å². The van der Waals surface area contributed by atoms with Crippen molar-refractivity contribution in [2.45, 2.75) is 38.9 Å². The topological polar surface area (TPSA) is 66.4 Å². The van der Waals surface area contributed by atoms with Gasteiger partial charge in [-0.25, -0.2) is 22.8 Å². The second-order valence-electron chi connectivity index (χ2n) is 8.80. The third-order valence-electron chi connectivity index (χ3n) is 6.23. The van der Waals surface area contributed by atoms with Crippen LogP contribution in [-0.2, 0) is 22.9 Å². The Morgan fingerprint density at radius 1 is 0.941 bits per heavy atom. The highest BCUT2D eigenvalue weighted by Gasteiger charge is 2.31. The summed E-state index contributed by atoms with van der Waals surface area (Å²) >= 11 is 0. The van der Waals surface area contributed by atoms with Gasteiger partial charge in [0.05, 0.1) is 5.25 Å². The van der Waals surface area contributed by atoms with Gasteiger partial charge in [-0.1, -0.05) is 49.4 Å². The summed E-state index contributed by atoms with van der Waals surface area (Å²) in [6.45, 7) is 7.44. The van der Waals surface area contributed by atoms with E-state index in [1.807, 2.05) is 30.3 Å². The first kappa shape index (κ1) is 24.3. The first-order valence-electron chi connectivity index (χ1n) is 11.7. The maximum absolute atomic E-state index is 13.5. The molecule has 180 valence electrons. The summed E-state index contributed by atoms with van der Waals surface area (Å²) < 4.78 is 40.4. The van der Waals surface area contributed by atoms with Crippen LogP contribution in [0.15, 0.2) is 54.6 Å². The predicted octanol–water partition coefficient (Wildman–Crippen LogP) is 4.30. The Balaban J connectivity index is 1.73. The van der Waals surface area contributed by atoms with Crippen LogP contribution in [0.5, 0.6) is 0 Å². The predicted molar refractivity (Wildman–Crippen MR) is 134 cm³/mol. The number of aromatic nitrogens is 2. The van der Waals surface area contributed by atoms with Gasteiger partial charge in [-0.15, -0.1) is 0 Å². The highest BCUT2D eigenvalue weighted by Crippen LogP contribution is 2.29. The second-order valence-corrected chi connectivity index (χ2v) is 11.3. The molecule has 0 unspecified atom stereocenters. The van der Waals surface area contributed by atoms with E-state index in [1.165, 1.54) is 12.1 Å². The summed E-state index contributed by atoms with van der Waals surface area (Å²) in [7, 11) is -3.29. The summed E-state index contributed by atoms with van der Waals surface area (Å²) in [5.74, 6) is 1.22. The first-order valence-corrected chi connectivity index (χ1v) is 13.2. The minimum atomic E-state index is -3.29. The van der Waals surface area contributed by atoms with Gasteiger partial charge in [0.1, 0.15) is 11.6 Å². The van der Waals surface area contributed by atoms with Crippen LogP contribution in [0.4, 0.5) is 10.2 Å². The van der Waals surface area contributed by atoms with Gasteiger partial charge in [0.15, 0.2) is 5.82 Å². The maximum atomic E-state index is 13.5. The van der Waals surface area contributed by atoms with Crippen LogP contribution in [-0.4, -0.2) is 54.1 Å². The molecule has 1 aromatic heterocycles. The fourth-order valence-corrected chi connectivity index (χ4v) is 5.50. The lowest BCUT2D eigenvalue weighted by Crippen LogP contribution is -2.51. The van der Waals surface area contributed by atoms with Crippen LogP contribution in [0.1, 0.15) is 37.6 Å². The van der Waals surface area contributed by atoms with Gasteiger partial charge in [0, 0.05) is 49.4 Å². The molecule has 0 radical (unpaired) electrons. The Morgan fingerprint density at radius 2 is 1.59 bits per heavy atom. The molecule has 34 heavy (non-hydrogen) atoms. The van der Waals surface area contributed by atoms with Gasteiger partial charge in [0.2, 0.25) is 10.0 Å². The van der Waals surface area contributed by atoms with E-state index in [4.69, 9.17) is 9.97 Å². The lowest BCUT2D eigenvalue weighted by Gasteiger charge is -2.36. The molecule has 0 amide bonds. The van der Waals surface area contributed by atoms with Crippen molar-refractivity contribution in [2.75, 3.05) is 31.1 Å². The number of hydrogen-bond acceptors (Lipinski definition) is 5. The molecule has 8 heteroatoms. The third-order valence-corrected chi connectivity index (χ3v) is 8.50. The van der Waals surface area contributed by atoms with Crippen LogP contribution in [0.2, 0.25) is 0 Å². The molecule has 4 rings (SSSR count). The van der Waals surface area contributed by atoms with Crippen molar-refractivity contribution in [2.24, 2.45) is 0 Å². The van der Waals surface area contributed by atoms with Crippen LogP contribution in [0.3, 0.4) is 0 Å². The number of aryl methyl sites for hydroxylation is 1. The van der Waals surface area contributed by atoms with E-state index in [0.29, 0.717) is 38.4 Å². The molecular formula is C26H31FN4O2S. The number of rotatable bonds is 7. The van der Waals surface area contributed by atoms with Crippen LogP contribution < -0.4 is 4.90 Å². The Morgan fingerprint density at radius 3 is 2.18 bits per heavy atom. The molecule has 1 saturated heterocycles. The van der Waals surface area contributed by atoms with Crippen LogP contribution in [0.25, 0.3) is 11.4 Å². The number of hydrogen-bond donors (Lipinski definition) is 0. The zero-order chi connectivity index (χ0) is 24.3. The zero-order valence-corrected chi connectivity index (χ0v) is 20.7. The Hall–Kier alpha value is -2.84. The molecule has 0 spiro atoms. The number of sulfonamides is 1. The summed E-state index contributed by atoms with van der Waals surface area (Å²) in [5.41, 5.74) is 3.88. The Labute approximate surface area is 201 Å². The monoisotopic (exact) mass is 482 g/mol. The average molecular weight is 483 g/mol. The first-order chi connectivity index (χ1) is 16.3. The van der Waals surface area contributed by atoms with Crippen molar-refractivity contribution in [3.05, 3.63) is 77.2 Å². The van der Waals surface area contributed by atoms with Gasteiger partial charge in [-0.2, -0.15) is 4.31 Å². The quantitative estimate of drug-likeness (QED) is 0.503. The number of nitrogens with zero attached hydrogens (tertiary/aromatic N) is 4. The largest absolute Gasteiger partial charge is 0.354 e. The highest BCUT2D eigenvalue weighted by atomic mass is 32.2. The van der Waals surface area contributed by atoms with E-state index in [0.717, 1.165) is 34.6 Å². The van der Waals surface area contributed by atoms with Crippen molar-refractivity contribution in [3.63, 3.8) is 0 Å². The minimum Gasteiger partial charge on any atom is -0.354 e. The molecule has 1 aliphatic rings. The van der Waals surface area contributed by atoms with Gasteiger partial charge in [0.25, 0.3) is 0 Å². The number of anilines is 1. The van der Waals surface area contributed by atoms with Crippen molar-refractivity contribution >= 4 is 15.8 Å². The minimum absolute atomic E-state index is 0.266. The molecule has 2 heterocycles. The summed E-state index contributed by atoms with van der Waals surface area (Å²) in [6, 6.07) is 16.4. The molecule has 1 aliphatic heterocycles. The van der Waals surface area contributed by atoms with Crippen molar-refractivity contribution in [1.82, 2.24) is 14.3 Å². The fraction of sp³-hybridized carbons (Fsp3) is 0.385. The van der Waals surface area contributed by atoms with E-state index in [2.05, 4.69) is 11.8 Å². The second kappa shape index (κ2) is 10.2. The molecule has 1 fully saturated rings. The zero-order valence-electron chi connectivity index (χ0n) is 19.9. The van der Waals surface area contributed by atoms with Crippen molar-refractivity contribution < 1.29 is 12.8 Å².